The molecule has 0 saturated carbocycles. The van der Waals surface area contributed by atoms with Crippen LogP contribution in [-0.4, -0.2) is 55.1 Å². The lowest BCUT2D eigenvalue weighted by Crippen LogP contribution is -2.43. The van der Waals surface area contributed by atoms with Gasteiger partial charge in [0.2, 0.25) is 11.9 Å². The van der Waals surface area contributed by atoms with Crippen LogP contribution in [0.4, 0.5) is 25.2 Å². The number of nitrogens with one attached hydrogen (secondary N) is 2. The van der Waals surface area contributed by atoms with Crippen LogP contribution in [0.2, 0.25) is 10.0 Å². The first-order valence-electron chi connectivity index (χ1n) is 14.4. The van der Waals surface area contributed by atoms with Crippen LogP contribution in [0.5, 0.6) is 0 Å². The molecule has 10 nitrogen and oxygen atoms in total. The molecule has 1 unspecified atom stereocenters. The maximum atomic E-state index is 13.7. The van der Waals surface area contributed by atoms with Gasteiger partial charge in [0.25, 0.3) is 0 Å². The molecule has 0 bridgehead atoms. The van der Waals surface area contributed by atoms with Crippen molar-refractivity contribution >= 4 is 58.0 Å². The minimum Gasteiger partial charge on any atom is -0.444 e. The summed E-state index contributed by atoms with van der Waals surface area (Å²) in [7, 11) is 0. The summed E-state index contributed by atoms with van der Waals surface area (Å²) in [6.45, 7) is 8.51. The van der Waals surface area contributed by atoms with Crippen molar-refractivity contribution in [2.24, 2.45) is 5.92 Å². The summed E-state index contributed by atoms with van der Waals surface area (Å²) >= 11 is 13.5. The summed E-state index contributed by atoms with van der Waals surface area (Å²) in [4.78, 5) is 40.1. The average molecular weight is 661 g/mol. The number of halogens is 4. The van der Waals surface area contributed by atoms with Crippen LogP contribution in [0, 0.1) is 17.6 Å². The molecule has 1 atom stereocenters. The van der Waals surface area contributed by atoms with Crippen molar-refractivity contribution < 1.29 is 23.1 Å². The number of rotatable bonds is 7. The number of aromatic nitrogens is 4. The summed E-state index contributed by atoms with van der Waals surface area (Å²) in [5.41, 5.74) is 1.74. The molecule has 0 radical (unpaired) electrons. The smallest absolute Gasteiger partial charge is 0.410 e. The molecule has 1 aliphatic rings. The number of anilines is 2. The van der Waals surface area contributed by atoms with E-state index in [0.29, 0.717) is 53.4 Å². The van der Waals surface area contributed by atoms with Crippen molar-refractivity contribution in [2.45, 2.75) is 59.2 Å². The monoisotopic (exact) mass is 659 g/mol. The summed E-state index contributed by atoms with van der Waals surface area (Å²) in [5.74, 6) is -1.43. The van der Waals surface area contributed by atoms with Crippen molar-refractivity contribution in [2.75, 3.05) is 23.7 Å². The van der Waals surface area contributed by atoms with E-state index in [4.69, 9.17) is 37.9 Å². The Hall–Kier alpha value is -4.03. The van der Waals surface area contributed by atoms with Crippen molar-refractivity contribution in [1.29, 1.82) is 0 Å². The topological polar surface area (TPSA) is 114 Å². The van der Waals surface area contributed by atoms with E-state index >= 15 is 0 Å². The van der Waals surface area contributed by atoms with Gasteiger partial charge in [-0.2, -0.15) is 4.98 Å². The molecule has 45 heavy (non-hydrogen) atoms. The third-order valence-corrected chi connectivity index (χ3v) is 7.72. The standard InChI is InChI=1S/C31H33Cl2F2N7O3/c1-17(43)38-20-11-21(32)26(22(33)12-20)28-39-25-14-37-29(36-13-18-7-8-23(34)24(35)10-18)40-27(25)42(28)16-19-6-5-9-41(15-19)30(44)45-31(2,3)4/h7-8,10-12,14,19H,5-6,9,13,15-16H2,1-4H3,(H,38,43)(H,36,37,40). The Balaban J connectivity index is 1.51. The highest BCUT2D eigenvalue weighted by Gasteiger charge is 2.30. The Labute approximate surface area is 269 Å². The lowest BCUT2D eigenvalue weighted by Gasteiger charge is -2.34. The second-order valence-electron chi connectivity index (χ2n) is 12.0. The zero-order valence-electron chi connectivity index (χ0n) is 25.3. The van der Waals surface area contributed by atoms with Crippen LogP contribution in [0.3, 0.4) is 0 Å². The number of hydrogen-bond acceptors (Lipinski definition) is 7. The van der Waals surface area contributed by atoms with Crippen LogP contribution in [0.25, 0.3) is 22.6 Å². The molecule has 4 aromatic rings. The highest BCUT2D eigenvalue weighted by molar-refractivity contribution is 6.39. The molecular formula is C31H33Cl2F2N7O3. The van der Waals surface area contributed by atoms with Crippen LogP contribution >= 0.6 is 23.2 Å². The van der Waals surface area contributed by atoms with Gasteiger partial charge < -0.3 is 24.8 Å². The number of ether oxygens (including phenoxy) is 1. The zero-order valence-corrected chi connectivity index (χ0v) is 26.8. The summed E-state index contributed by atoms with van der Waals surface area (Å²) < 4.78 is 34.7. The van der Waals surface area contributed by atoms with Gasteiger partial charge in [0, 0.05) is 38.8 Å². The number of nitrogens with zero attached hydrogens (tertiary/aromatic N) is 5. The van der Waals surface area contributed by atoms with E-state index < -0.39 is 17.2 Å². The SMILES string of the molecule is CC(=O)Nc1cc(Cl)c(-c2nc3cnc(NCc4ccc(F)c(F)c4)nc3n2CC2CCCN(C(=O)OC(C)(C)C)C2)c(Cl)c1. The van der Waals surface area contributed by atoms with E-state index in [0.717, 1.165) is 25.0 Å². The highest BCUT2D eigenvalue weighted by Crippen LogP contribution is 2.39. The normalized spacial score (nSPS) is 15.3. The fourth-order valence-corrected chi connectivity index (χ4v) is 5.88. The number of fused-ring (bicyclic) bond motifs is 1. The van der Waals surface area contributed by atoms with E-state index in [2.05, 4.69) is 15.6 Å². The number of imidazole rings is 1. The Kier molecular flexibility index (Phi) is 9.45. The molecule has 5 rings (SSSR count). The molecule has 0 spiro atoms. The van der Waals surface area contributed by atoms with Crippen molar-refractivity contribution in [3.63, 3.8) is 0 Å². The van der Waals surface area contributed by atoms with Gasteiger partial charge >= 0.3 is 6.09 Å². The summed E-state index contributed by atoms with van der Waals surface area (Å²) in [5, 5.41) is 6.28. The molecule has 1 aliphatic heterocycles. The minimum atomic E-state index is -0.945. The number of likely N-dealkylation sites (tertiary alicyclic amines) is 1. The molecule has 2 N–H and O–H groups in total. The maximum Gasteiger partial charge on any atom is 0.410 e. The molecule has 2 amide bonds. The van der Waals surface area contributed by atoms with Crippen molar-refractivity contribution in [3.8, 4) is 11.4 Å². The molecule has 0 aliphatic carbocycles. The van der Waals surface area contributed by atoms with Gasteiger partial charge in [-0.05, 0) is 69.4 Å². The number of piperidine rings is 1. The minimum absolute atomic E-state index is 0.0205. The molecule has 14 heteroatoms. The van der Waals surface area contributed by atoms with Crippen LogP contribution < -0.4 is 10.6 Å². The fourth-order valence-electron chi connectivity index (χ4n) is 5.23. The molecule has 1 saturated heterocycles. The van der Waals surface area contributed by atoms with Crippen LogP contribution in [-0.2, 0) is 22.6 Å². The highest BCUT2D eigenvalue weighted by atomic mass is 35.5. The third-order valence-electron chi connectivity index (χ3n) is 7.12. The lowest BCUT2D eigenvalue weighted by atomic mass is 9.98. The van der Waals surface area contributed by atoms with Gasteiger partial charge in [0.15, 0.2) is 17.3 Å². The molecule has 2 aromatic carbocycles. The average Bonchev–Trinajstić information content (AvgIpc) is 3.29. The molecule has 238 valence electrons. The third kappa shape index (κ3) is 7.80. The van der Waals surface area contributed by atoms with Gasteiger partial charge in [0.1, 0.15) is 16.9 Å². The lowest BCUT2D eigenvalue weighted by molar-refractivity contribution is -0.114. The van der Waals surface area contributed by atoms with Gasteiger partial charge in [-0.1, -0.05) is 29.3 Å². The number of hydrogen-bond donors (Lipinski definition) is 2. The number of carbonyl (C=O) groups excluding carboxylic acids is 2. The summed E-state index contributed by atoms with van der Waals surface area (Å²) in [6, 6.07) is 6.84. The van der Waals surface area contributed by atoms with Crippen molar-refractivity contribution in [3.05, 3.63) is 63.8 Å². The first-order chi connectivity index (χ1) is 21.3. The zero-order chi connectivity index (χ0) is 32.5. The number of carbonyl (C=O) groups is 2. The van der Waals surface area contributed by atoms with Gasteiger partial charge in [-0.15, -0.1) is 0 Å². The first-order valence-corrected chi connectivity index (χ1v) is 15.2. The number of benzene rings is 2. The largest absolute Gasteiger partial charge is 0.444 e. The van der Waals surface area contributed by atoms with E-state index in [1.165, 1.54) is 13.0 Å². The predicted molar refractivity (Wildman–Crippen MR) is 169 cm³/mol. The van der Waals surface area contributed by atoms with Crippen LogP contribution in [0.1, 0.15) is 46.1 Å². The Morgan fingerprint density at radius 3 is 2.49 bits per heavy atom. The predicted octanol–water partition coefficient (Wildman–Crippen LogP) is 7.30. The molecule has 2 aromatic heterocycles. The maximum absolute atomic E-state index is 13.7. The van der Waals surface area contributed by atoms with E-state index in [-0.39, 0.29) is 40.5 Å². The van der Waals surface area contributed by atoms with Gasteiger partial charge in [-0.25, -0.2) is 23.5 Å². The van der Waals surface area contributed by atoms with Gasteiger partial charge in [-0.3, -0.25) is 4.79 Å². The van der Waals surface area contributed by atoms with E-state index in [9.17, 15) is 18.4 Å². The van der Waals surface area contributed by atoms with Crippen molar-refractivity contribution in [1.82, 2.24) is 24.4 Å². The van der Waals surface area contributed by atoms with Gasteiger partial charge in [0.05, 0.1) is 21.8 Å². The quantitative estimate of drug-likeness (QED) is 0.214. The Bertz CT molecular complexity index is 1740. The second kappa shape index (κ2) is 13.1. The molecular weight excluding hydrogens is 627 g/mol. The summed E-state index contributed by atoms with van der Waals surface area (Å²) in [6.07, 6.45) is 2.81. The van der Waals surface area contributed by atoms with Crippen LogP contribution in [0.15, 0.2) is 36.5 Å². The first kappa shape index (κ1) is 32.4. The fraction of sp³-hybridized carbons (Fsp3) is 0.387. The number of amides is 2. The van der Waals surface area contributed by atoms with E-state index in [1.807, 2.05) is 25.3 Å². The Morgan fingerprint density at radius 1 is 1.09 bits per heavy atom. The second-order valence-corrected chi connectivity index (χ2v) is 12.8. The van der Waals surface area contributed by atoms with E-state index in [1.54, 1.807) is 23.2 Å². The Morgan fingerprint density at radius 2 is 1.82 bits per heavy atom. The molecule has 3 heterocycles. The molecule has 1 fully saturated rings.